The minimum Gasteiger partial charge on any atom is -0.664 e. The Labute approximate surface area is 326 Å². The van der Waals surface area contributed by atoms with E-state index in [1.807, 2.05) is 58.9 Å². The second-order valence-electron chi connectivity index (χ2n) is 13.9. The Kier molecular flexibility index (Phi) is 12.3. The van der Waals surface area contributed by atoms with E-state index >= 15 is 0 Å². The van der Waals surface area contributed by atoms with Crippen molar-refractivity contribution < 1.29 is 28.7 Å². The smallest absolute Gasteiger partial charge is 0.664 e. The molecule has 10 nitrogen and oxygen atoms in total. The molecule has 5 heterocycles. The van der Waals surface area contributed by atoms with Crippen molar-refractivity contribution in [1.29, 1.82) is 0 Å². The number of nitrogens with zero attached hydrogens (tertiary/aromatic N) is 4. The van der Waals surface area contributed by atoms with E-state index in [1.165, 1.54) is 12.7 Å². The molecule has 0 unspecified atom stereocenters. The Morgan fingerprint density at radius 2 is 1.60 bits per heavy atom. The SMILES string of the molecule is CCC/C(C)=C/COC(=O)CC[C@@H]1/C2=C3/c4[n-]c(c(C)c4C(=O)[C@@H]3C(=O)OC)/C=c3\[n-]/c(c(C=O)c3CC)=C\c3[n-]c(c(C)c3CC)/C=C(\[N-]2)[C@H]1C.[Mg+2]. The molecule has 1 aliphatic carbocycles. The first-order chi connectivity index (χ1) is 25.0. The van der Waals surface area contributed by atoms with Crippen molar-refractivity contribution in [3.63, 3.8) is 0 Å². The van der Waals surface area contributed by atoms with Crippen molar-refractivity contribution in [3.8, 4) is 0 Å². The van der Waals surface area contributed by atoms with Gasteiger partial charge in [0.2, 0.25) is 0 Å². The predicted octanol–water partition coefficient (Wildman–Crippen LogP) is 5.15. The monoisotopic (exact) mass is 726 g/mol. The van der Waals surface area contributed by atoms with Crippen molar-refractivity contribution in [3.05, 3.63) is 95.2 Å². The molecular weight excluding hydrogens is 681 g/mol. The first-order valence-corrected chi connectivity index (χ1v) is 18.3. The third-order valence-electron chi connectivity index (χ3n) is 10.8. The Bertz CT molecular complexity index is 2190. The zero-order valence-electron chi connectivity index (χ0n) is 32.0. The number of fused-ring (bicyclic) bond motifs is 7. The molecule has 1 fully saturated rings. The fraction of sp³-hybridized carbons (Fsp3) is 0.429. The van der Waals surface area contributed by atoms with Crippen LogP contribution in [0.2, 0.25) is 0 Å². The van der Waals surface area contributed by atoms with Gasteiger partial charge in [-0.2, -0.15) is 11.4 Å². The molecule has 3 aliphatic rings. The molecule has 3 aromatic heterocycles. The summed E-state index contributed by atoms with van der Waals surface area (Å²) in [5.74, 6) is -3.19. The van der Waals surface area contributed by atoms with Gasteiger partial charge in [0, 0.05) is 17.5 Å². The molecule has 3 aromatic rings. The molecule has 53 heavy (non-hydrogen) atoms. The summed E-state index contributed by atoms with van der Waals surface area (Å²) >= 11 is 0. The fourth-order valence-electron chi connectivity index (χ4n) is 7.94. The summed E-state index contributed by atoms with van der Waals surface area (Å²) in [6.07, 6.45) is 12.2. The summed E-state index contributed by atoms with van der Waals surface area (Å²) in [5, 5.41) is 6.29. The second-order valence-corrected chi connectivity index (χ2v) is 13.9. The molecule has 0 spiro atoms. The number of hydrogen-bond acceptors (Lipinski definition) is 6. The van der Waals surface area contributed by atoms with Crippen LogP contribution in [0.4, 0.5) is 0 Å². The van der Waals surface area contributed by atoms with Gasteiger partial charge in [-0.3, -0.25) is 19.2 Å². The van der Waals surface area contributed by atoms with Gasteiger partial charge in [-0.1, -0.05) is 85.7 Å². The largest absolute Gasteiger partial charge is 2.00 e. The van der Waals surface area contributed by atoms with Crippen LogP contribution in [0.1, 0.15) is 126 Å². The molecular formula is C42H46MgN4O6-2. The topological polar surface area (TPSA) is 143 Å². The zero-order chi connectivity index (χ0) is 37.4. The van der Waals surface area contributed by atoms with Gasteiger partial charge in [-0.05, 0) is 64.4 Å². The number of aromatic nitrogens is 3. The van der Waals surface area contributed by atoms with Crippen molar-refractivity contribution in [2.24, 2.45) is 17.8 Å². The quantitative estimate of drug-likeness (QED) is 0.0862. The van der Waals surface area contributed by atoms with Gasteiger partial charge in [0.25, 0.3) is 0 Å². The van der Waals surface area contributed by atoms with Gasteiger partial charge in [0.1, 0.15) is 18.8 Å². The van der Waals surface area contributed by atoms with E-state index in [2.05, 4.69) is 13.8 Å². The van der Waals surface area contributed by atoms with Crippen LogP contribution in [0.25, 0.3) is 29.1 Å². The Hall–Kier alpha value is -4.35. The van der Waals surface area contributed by atoms with E-state index < -0.39 is 17.7 Å². The number of ketones is 1. The van der Waals surface area contributed by atoms with E-state index in [4.69, 9.17) is 29.7 Å². The third kappa shape index (κ3) is 7.17. The van der Waals surface area contributed by atoms with Gasteiger partial charge < -0.3 is 29.7 Å². The molecule has 0 saturated carbocycles. The summed E-state index contributed by atoms with van der Waals surface area (Å²) in [6.45, 7) is 14.3. The average Bonchev–Trinajstić information content (AvgIpc) is 3.87. The maximum Gasteiger partial charge on any atom is 2.00 e. The molecule has 6 rings (SSSR count). The fourth-order valence-corrected chi connectivity index (χ4v) is 7.94. The molecule has 2 aliphatic heterocycles. The van der Waals surface area contributed by atoms with Crippen LogP contribution in [0.5, 0.6) is 0 Å². The van der Waals surface area contributed by atoms with E-state index in [9.17, 15) is 19.2 Å². The van der Waals surface area contributed by atoms with E-state index in [0.717, 1.165) is 59.3 Å². The number of ether oxygens (including phenoxy) is 2. The van der Waals surface area contributed by atoms with Crippen molar-refractivity contribution in [2.45, 2.75) is 87.0 Å². The van der Waals surface area contributed by atoms with E-state index in [-0.39, 0.29) is 53.9 Å². The van der Waals surface area contributed by atoms with Crippen molar-refractivity contribution >= 4 is 70.9 Å². The number of methoxy groups -OCH3 is 1. The summed E-state index contributed by atoms with van der Waals surface area (Å²) < 4.78 is 10.8. The van der Waals surface area contributed by atoms with Crippen molar-refractivity contribution in [1.82, 2.24) is 15.0 Å². The maximum absolute atomic E-state index is 14.2. The third-order valence-corrected chi connectivity index (χ3v) is 10.8. The molecule has 0 aromatic carbocycles. The van der Waals surface area contributed by atoms with Crippen LogP contribution in [0, 0.1) is 31.6 Å². The Balaban J connectivity index is 0.00000541. The van der Waals surface area contributed by atoms with Crippen LogP contribution >= 0.6 is 0 Å². The number of carbonyl (C=O) groups excluding carboxylic acids is 4. The number of allylic oxidation sites excluding steroid dienone is 3. The maximum atomic E-state index is 14.2. The molecule has 11 heteroatoms. The normalized spacial score (nSPS) is 22.5. The standard InChI is InChI=1S/C42H47N4O6.Mg/c1-9-12-21(4)15-16-52-35(48)14-13-27-23(6)30-17-29-22(5)25(10-2)32(43-29)19-34-28(20-47)26(11-3)33(44-34)18-31-24(7)36-40(46-31)37(39(27)45-30)38(41(36)49)42(50)51-8;/h15,17-20,23,27,38H,9-14,16H2,1-8H3,(H-,45,46,47,49);/q-3;+2/p-1/b21-15+,30-17-,34-19-;/t23-,27-,38+;/m0./s1. The van der Waals surface area contributed by atoms with Crippen LogP contribution in [0.15, 0.2) is 23.0 Å². The summed E-state index contributed by atoms with van der Waals surface area (Å²) in [5.41, 5.74) is 9.49. The molecule has 0 N–H and O–H groups in total. The van der Waals surface area contributed by atoms with Gasteiger partial charge in [-0.15, -0.1) is 33.5 Å². The van der Waals surface area contributed by atoms with Crippen LogP contribution < -0.4 is 25.7 Å². The summed E-state index contributed by atoms with van der Waals surface area (Å²) in [7, 11) is 1.27. The summed E-state index contributed by atoms with van der Waals surface area (Å²) in [6, 6.07) is 0. The molecule has 274 valence electrons. The van der Waals surface area contributed by atoms with E-state index in [0.29, 0.717) is 62.9 Å². The molecule has 0 radical (unpaired) electrons. The molecule has 8 bridgehead atoms. The second kappa shape index (κ2) is 16.3. The number of esters is 2. The number of carbonyl (C=O) groups is 4. The van der Waals surface area contributed by atoms with Crippen LogP contribution in [-0.2, 0) is 31.9 Å². The van der Waals surface area contributed by atoms with Gasteiger partial charge in [-0.25, -0.2) is 0 Å². The average molecular weight is 727 g/mol. The molecule has 1 saturated heterocycles. The Morgan fingerprint density at radius 1 is 0.906 bits per heavy atom. The number of Topliss-reactive ketones (excluding diaryl/α,β-unsaturated/α-hetero) is 1. The Morgan fingerprint density at radius 3 is 2.26 bits per heavy atom. The number of rotatable bonds is 11. The summed E-state index contributed by atoms with van der Waals surface area (Å²) in [4.78, 5) is 68.1. The predicted molar refractivity (Wildman–Crippen MR) is 205 cm³/mol. The number of hydrogen-bond donors (Lipinski definition) is 0. The minimum absolute atomic E-state index is 0. The first kappa shape index (κ1) is 39.8. The van der Waals surface area contributed by atoms with Crippen molar-refractivity contribution in [2.75, 3.05) is 13.7 Å². The van der Waals surface area contributed by atoms with Crippen LogP contribution in [0.3, 0.4) is 0 Å². The molecule has 3 atom stereocenters. The van der Waals surface area contributed by atoms with Crippen LogP contribution in [-0.4, -0.2) is 60.8 Å². The van der Waals surface area contributed by atoms with Gasteiger partial charge in [0.15, 0.2) is 5.78 Å². The minimum atomic E-state index is -1.25. The van der Waals surface area contributed by atoms with Gasteiger partial charge in [0.05, 0.1) is 7.11 Å². The number of aldehydes is 1. The van der Waals surface area contributed by atoms with Gasteiger partial charge >= 0.3 is 35.0 Å². The zero-order valence-corrected chi connectivity index (χ0v) is 33.4. The molecule has 0 amide bonds. The van der Waals surface area contributed by atoms with E-state index in [1.54, 1.807) is 0 Å². The first-order valence-electron chi connectivity index (χ1n) is 18.3.